The van der Waals surface area contributed by atoms with Crippen LogP contribution < -0.4 is 5.32 Å². The van der Waals surface area contributed by atoms with Gasteiger partial charge in [-0.25, -0.2) is 4.39 Å². The van der Waals surface area contributed by atoms with Crippen LogP contribution in [-0.2, 0) is 6.54 Å². The molecule has 0 unspecified atom stereocenters. The van der Waals surface area contributed by atoms with Crippen LogP contribution in [0.3, 0.4) is 0 Å². The fourth-order valence-corrected chi connectivity index (χ4v) is 1.71. The average molecular weight is 278 g/mol. The van der Waals surface area contributed by atoms with Gasteiger partial charge in [-0.1, -0.05) is 12.1 Å². The second-order valence-electron chi connectivity index (χ2n) is 4.36. The molecule has 0 saturated heterocycles. The van der Waals surface area contributed by atoms with E-state index < -0.39 is 16.4 Å². The number of anilines is 1. The lowest BCUT2D eigenvalue weighted by Crippen LogP contribution is -2.01. The highest BCUT2D eigenvalue weighted by Gasteiger charge is 2.14. The maximum atomic E-state index is 13.4. The van der Waals surface area contributed by atoms with Gasteiger partial charge in [0, 0.05) is 18.3 Å². The Bertz CT molecular complexity index is 660. The van der Waals surface area contributed by atoms with Gasteiger partial charge >= 0.3 is 5.69 Å². The lowest BCUT2D eigenvalue weighted by molar-refractivity contribution is -0.387. The molecule has 6 heteroatoms. The van der Waals surface area contributed by atoms with Crippen LogP contribution in [0, 0.1) is 28.7 Å². The van der Waals surface area contributed by atoms with Gasteiger partial charge in [-0.3, -0.25) is 10.1 Å². The Morgan fingerprint density at radius 2 is 1.90 bits per heavy atom. The number of nitro groups is 1. The highest BCUT2D eigenvalue weighted by Crippen LogP contribution is 2.22. The highest BCUT2D eigenvalue weighted by atomic mass is 19.1. The van der Waals surface area contributed by atoms with Crippen molar-refractivity contribution in [3.8, 4) is 0 Å². The lowest BCUT2D eigenvalue weighted by Gasteiger charge is -2.07. The maximum absolute atomic E-state index is 13.4. The molecule has 0 amide bonds. The van der Waals surface area contributed by atoms with Crippen LogP contribution in [0.1, 0.15) is 11.1 Å². The van der Waals surface area contributed by atoms with E-state index in [1.54, 1.807) is 19.1 Å². The molecule has 2 rings (SSSR count). The minimum absolute atomic E-state index is 0.292. The number of aryl methyl sites for hydroxylation is 1. The van der Waals surface area contributed by atoms with Crippen LogP contribution in [-0.4, -0.2) is 4.92 Å². The smallest absolute Gasteiger partial charge is 0.306 e. The molecule has 0 heterocycles. The zero-order chi connectivity index (χ0) is 14.7. The van der Waals surface area contributed by atoms with Gasteiger partial charge in [0.25, 0.3) is 0 Å². The van der Waals surface area contributed by atoms with Gasteiger partial charge in [0.05, 0.1) is 4.92 Å². The molecule has 1 N–H and O–H groups in total. The van der Waals surface area contributed by atoms with Gasteiger partial charge in [0.1, 0.15) is 5.82 Å². The maximum Gasteiger partial charge on any atom is 0.306 e. The van der Waals surface area contributed by atoms with E-state index in [-0.39, 0.29) is 5.82 Å². The predicted octanol–water partition coefficient (Wildman–Crippen LogP) is 3.79. The molecule has 0 aliphatic heterocycles. The molecule has 0 fully saturated rings. The minimum atomic E-state index is -0.887. The highest BCUT2D eigenvalue weighted by molar-refractivity contribution is 5.52. The van der Waals surface area contributed by atoms with Crippen molar-refractivity contribution in [1.82, 2.24) is 0 Å². The van der Waals surface area contributed by atoms with E-state index in [4.69, 9.17) is 0 Å². The summed E-state index contributed by atoms with van der Waals surface area (Å²) in [7, 11) is 0. The molecular formula is C14H12F2N2O2. The van der Waals surface area contributed by atoms with Crippen molar-refractivity contribution in [2.45, 2.75) is 13.5 Å². The molecule has 20 heavy (non-hydrogen) atoms. The summed E-state index contributed by atoms with van der Waals surface area (Å²) >= 11 is 0. The summed E-state index contributed by atoms with van der Waals surface area (Å²) in [5.74, 6) is -1.20. The van der Waals surface area contributed by atoms with Gasteiger partial charge in [-0.2, -0.15) is 4.39 Å². The fourth-order valence-electron chi connectivity index (χ4n) is 1.71. The van der Waals surface area contributed by atoms with Crippen molar-refractivity contribution in [2.24, 2.45) is 0 Å². The zero-order valence-electron chi connectivity index (χ0n) is 10.7. The van der Waals surface area contributed by atoms with E-state index in [9.17, 15) is 18.9 Å². The van der Waals surface area contributed by atoms with Gasteiger partial charge in [0.2, 0.25) is 5.82 Å². The number of benzene rings is 2. The van der Waals surface area contributed by atoms with E-state index in [1.165, 1.54) is 12.1 Å². The van der Waals surface area contributed by atoms with E-state index in [0.29, 0.717) is 23.4 Å². The summed E-state index contributed by atoms with van der Waals surface area (Å²) in [6, 6.07) is 8.33. The van der Waals surface area contributed by atoms with Crippen LogP contribution in [0.4, 0.5) is 20.2 Å². The number of rotatable bonds is 4. The number of hydrogen-bond donors (Lipinski definition) is 1. The molecule has 0 saturated carbocycles. The van der Waals surface area contributed by atoms with Crippen LogP contribution in [0.15, 0.2) is 36.4 Å². The van der Waals surface area contributed by atoms with Gasteiger partial charge in [-0.15, -0.1) is 0 Å². The van der Waals surface area contributed by atoms with Crippen molar-refractivity contribution in [3.05, 3.63) is 69.3 Å². The van der Waals surface area contributed by atoms with E-state index in [1.807, 2.05) is 0 Å². The SMILES string of the molecule is Cc1ccc(CNc2ccc(F)c([N+](=O)[O-])c2)cc1F. The van der Waals surface area contributed by atoms with Crippen molar-refractivity contribution in [1.29, 1.82) is 0 Å². The standard InChI is InChI=1S/C14H12F2N2O2/c1-9-2-3-10(6-13(9)16)8-17-11-4-5-12(15)14(7-11)18(19)20/h2-7,17H,8H2,1H3. The first-order valence-corrected chi connectivity index (χ1v) is 5.90. The minimum Gasteiger partial charge on any atom is -0.381 e. The normalized spacial score (nSPS) is 10.3. The molecule has 4 nitrogen and oxygen atoms in total. The topological polar surface area (TPSA) is 55.2 Å². The van der Waals surface area contributed by atoms with E-state index in [0.717, 1.165) is 12.1 Å². The molecule has 0 atom stereocenters. The number of nitrogens with one attached hydrogen (secondary N) is 1. The first-order valence-electron chi connectivity index (χ1n) is 5.90. The summed E-state index contributed by atoms with van der Waals surface area (Å²) in [5.41, 5.74) is 1.05. The first kappa shape index (κ1) is 13.9. The summed E-state index contributed by atoms with van der Waals surface area (Å²) < 4.78 is 26.5. The Labute approximate surface area is 114 Å². The molecule has 0 spiro atoms. The molecule has 0 aliphatic carbocycles. The van der Waals surface area contributed by atoms with Crippen molar-refractivity contribution >= 4 is 11.4 Å². The molecule has 0 radical (unpaired) electrons. The first-order chi connectivity index (χ1) is 9.47. The summed E-state index contributed by atoms with van der Waals surface area (Å²) in [6.07, 6.45) is 0. The molecule has 0 aromatic heterocycles. The van der Waals surface area contributed by atoms with Crippen LogP contribution in [0.25, 0.3) is 0 Å². The number of halogens is 2. The Kier molecular flexibility index (Phi) is 3.93. The van der Waals surface area contributed by atoms with E-state index in [2.05, 4.69) is 5.32 Å². The third kappa shape index (κ3) is 3.09. The zero-order valence-corrected chi connectivity index (χ0v) is 10.7. The Morgan fingerprint density at radius 3 is 2.55 bits per heavy atom. The van der Waals surface area contributed by atoms with Crippen LogP contribution in [0.5, 0.6) is 0 Å². The Hall–Kier alpha value is -2.50. The number of nitrogens with zero attached hydrogens (tertiary/aromatic N) is 1. The molecule has 104 valence electrons. The van der Waals surface area contributed by atoms with Crippen molar-refractivity contribution in [3.63, 3.8) is 0 Å². The van der Waals surface area contributed by atoms with Crippen LogP contribution >= 0.6 is 0 Å². The lowest BCUT2D eigenvalue weighted by atomic mass is 10.1. The van der Waals surface area contributed by atoms with Crippen molar-refractivity contribution in [2.75, 3.05) is 5.32 Å². The monoisotopic (exact) mass is 278 g/mol. The summed E-state index contributed by atoms with van der Waals surface area (Å²) in [6.45, 7) is 1.95. The quantitative estimate of drug-likeness (QED) is 0.683. The number of nitro benzene ring substituents is 1. The summed E-state index contributed by atoms with van der Waals surface area (Å²) in [4.78, 5) is 9.83. The van der Waals surface area contributed by atoms with Gasteiger partial charge in [-0.05, 0) is 36.2 Å². The Balaban J connectivity index is 2.12. The van der Waals surface area contributed by atoms with Crippen LogP contribution in [0.2, 0.25) is 0 Å². The van der Waals surface area contributed by atoms with Crippen molar-refractivity contribution < 1.29 is 13.7 Å². The fraction of sp³-hybridized carbons (Fsp3) is 0.143. The predicted molar refractivity (Wildman–Crippen MR) is 71.5 cm³/mol. The molecule has 0 aliphatic rings. The molecular weight excluding hydrogens is 266 g/mol. The van der Waals surface area contributed by atoms with Gasteiger partial charge < -0.3 is 5.32 Å². The molecule has 2 aromatic carbocycles. The summed E-state index contributed by atoms with van der Waals surface area (Å²) in [5, 5.41) is 13.5. The second-order valence-corrected chi connectivity index (χ2v) is 4.36. The average Bonchev–Trinajstić information content (AvgIpc) is 2.41. The Morgan fingerprint density at radius 1 is 1.15 bits per heavy atom. The number of hydrogen-bond acceptors (Lipinski definition) is 3. The molecule has 0 bridgehead atoms. The third-order valence-electron chi connectivity index (χ3n) is 2.88. The second kappa shape index (κ2) is 5.64. The van der Waals surface area contributed by atoms with E-state index >= 15 is 0 Å². The van der Waals surface area contributed by atoms with Gasteiger partial charge in [0.15, 0.2) is 0 Å². The third-order valence-corrected chi connectivity index (χ3v) is 2.88. The largest absolute Gasteiger partial charge is 0.381 e. The molecule has 2 aromatic rings.